The third kappa shape index (κ3) is 2.37. The molecule has 2 N–H and O–H groups in total. The molecule has 0 aromatic heterocycles. The van der Waals surface area contributed by atoms with E-state index in [0.717, 1.165) is 11.1 Å². The van der Waals surface area contributed by atoms with E-state index < -0.39 is 53.8 Å². The van der Waals surface area contributed by atoms with Gasteiger partial charge in [0.15, 0.2) is 0 Å². The van der Waals surface area contributed by atoms with E-state index in [9.17, 15) is 19.5 Å². The van der Waals surface area contributed by atoms with Crippen LogP contribution in [0.5, 0.6) is 5.75 Å². The smallest absolute Gasteiger partial charge is 0.312 e. The Morgan fingerprint density at radius 2 is 2.18 bits per heavy atom. The lowest BCUT2D eigenvalue weighted by Gasteiger charge is -2.45. The molecule has 2 saturated heterocycles. The SMILES string of the molecule is CCOC(=O)[C@H]1[C@H]2COc3ccc(C)cc3[C@@H]2N2C(=O)[C@@H](CO)NC(=O)[C@@]12C. The number of nitrogens with one attached hydrogen (secondary N) is 1. The second-order valence-electron chi connectivity index (χ2n) is 7.76. The van der Waals surface area contributed by atoms with Crippen LogP contribution >= 0.6 is 0 Å². The lowest BCUT2D eigenvalue weighted by molar-refractivity contribution is -0.165. The first-order valence-electron chi connectivity index (χ1n) is 9.49. The molecule has 0 bridgehead atoms. The lowest BCUT2D eigenvalue weighted by Crippen LogP contribution is -2.70. The molecule has 4 rings (SSSR count). The average molecular weight is 388 g/mol. The molecule has 5 atom stereocenters. The molecule has 8 heteroatoms. The predicted molar refractivity (Wildman–Crippen MR) is 97.3 cm³/mol. The highest BCUT2D eigenvalue weighted by atomic mass is 16.5. The van der Waals surface area contributed by atoms with E-state index in [1.165, 1.54) is 4.90 Å². The van der Waals surface area contributed by atoms with Gasteiger partial charge in [0.2, 0.25) is 11.8 Å². The van der Waals surface area contributed by atoms with E-state index in [4.69, 9.17) is 9.47 Å². The van der Waals surface area contributed by atoms with Crippen LogP contribution in [0.2, 0.25) is 0 Å². The number of esters is 1. The van der Waals surface area contributed by atoms with Crippen molar-refractivity contribution in [1.82, 2.24) is 10.2 Å². The molecule has 3 heterocycles. The van der Waals surface area contributed by atoms with Crippen LogP contribution in [0.1, 0.15) is 31.0 Å². The molecule has 3 aliphatic rings. The summed E-state index contributed by atoms with van der Waals surface area (Å²) in [5, 5.41) is 12.2. The van der Waals surface area contributed by atoms with E-state index in [-0.39, 0.29) is 13.2 Å². The number of hydrogen-bond acceptors (Lipinski definition) is 6. The van der Waals surface area contributed by atoms with Crippen molar-refractivity contribution in [3.8, 4) is 5.75 Å². The zero-order valence-electron chi connectivity index (χ0n) is 16.1. The van der Waals surface area contributed by atoms with Gasteiger partial charge in [-0.2, -0.15) is 0 Å². The summed E-state index contributed by atoms with van der Waals surface area (Å²) in [6, 6.07) is 4.15. The minimum absolute atomic E-state index is 0.175. The van der Waals surface area contributed by atoms with E-state index in [1.807, 2.05) is 25.1 Å². The summed E-state index contributed by atoms with van der Waals surface area (Å²) in [6.45, 7) is 5.10. The fraction of sp³-hybridized carbons (Fsp3) is 0.550. The number of amides is 2. The molecule has 0 aliphatic carbocycles. The Morgan fingerprint density at radius 1 is 1.43 bits per heavy atom. The second kappa shape index (κ2) is 6.48. The molecule has 0 radical (unpaired) electrons. The Balaban J connectivity index is 1.91. The van der Waals surface area contributed by atoms with Gasteiger partial charge in [0.1, 0.15) is 17.3 Å². The van der Waals surface area contributed by atoms with E-state index in [1.54, 1.807) is 13.8 Å². The van der Waals surface area contributed by atoms with Crippen LogP contribution in [0.15, 0.2) is 18.2 Å². The molecule has 0 unspecified atom stereocenters. The minimum atomic E-state index is -1.42. The van der Waals surface area contributed by atoms with Crippen molar-refractivity contribution < 1.29 is 29.0 Å². The second-order valence-corrected chi connectivity index (χ2v) is 7.76. The highest BCUT2D eigenvalue weighted by Gasteiger charge is 2.69. The summed E-state index contributed by atoms with van der Waals surface area (Å²) in [4.78, 5) is 40.7. The summed E-state index contributed by atoms with van der Waals surface area (Å²) < 4.78 is 11.2. The van der Waals surface area contributed by atoms with Gasteiger partial charge >= 0.3 is 5.97 Å². The number of fused-ring (bicyclic) bond motifs is 5. The van der Waals surface area contributed by atoms with Gasteiger partial charge in [0.05, 0.1) is 31.8 Å². The van der Waals surface area contributed by atoms with E-state index in [0.29, 0.717) is 5.75 Å². The Morgan fingerprint density at radius 3 is 2.86 bits per heavy atom. The number of carbonyl (C=O) groups excluding carboxylic acids is 3. The van der Waals surface area contributed by atoms with Crippen LogP contribution in [0.25, 0.3) is 0 Å². The molecule has 3 aliphatic heterocycles. The lowest BCUT2D eigenvalue weighted by atomic mass is 9.77. The van der Waals surface area contributed by atoms with Crippen LogP contribution in [-0.4, -0.2) is 59.2 Å². The molecule has 150 valence electrons. The van der Waals surface area contributed by atoms with Crippen molar-refractivity contribution in [2.75, 3.05) is 19.8 Å². The van der Waals surface area contributed by atoms with Gasteiger partial charge in [-0.1, -0.05) is 17.7 Å². The van der Waals surface area contributed by atoms with Gasteiger partial charge < -0.3 is 24.8 Å². The number of benzene rings is 1. The van der Waals surface area contributed by atoms with Gasteiger partial charge in [-0.3, -0.25) is 14.4 Å². The van der Waals surface area contributed by atoms with E-state index in [2.05, 4.69) is 5.32 Å². The first-order valence-corrected chi connectivity index (χ1v) is 9.49. The Hall–Kier alpha value is -2.61. The molecule has 28 heavy (non-hydrogen) atoms. The minimum Gasteiger partial charge on any atom is -0.493 e. The highest BCUT2D eigenvalue weighted by molar-refractivity contribution is 6.03. The van der Waals surface area contributed by atoms with Gasteiger partial charge in [0.25, 0.3) is 0 Å². The molecule has 0 spiro atoms. The number of ether oxygens (including phenoxy) is 2. The average Bonchev–Trinajstić information content (AvgIpc) is 2.95. The molecule has 8 nitrogen and oxygen atoms in total. The molecule has 0 saturated carbocycles. The number of piperazine rings is 1. The number of carbonyl (C=O) groups is 3. The Kier molecular flexibility index (Phi) is 4.33. The van der Waals surface area contributed by atoms with Gasteiger partial charge in [0, 0.05) is 11.5 Å². The van der Waals surface area contributed by atoms with Gasteiger partial charge in [-0.05, 0) is 26.8 Å². The molecule has 2 amide bonds. The first kappa shape index (κ1) is 18.7. The van der Waals surface area contributed by atoms with Crippen LogP contribution in [0.3, 0.4) is 0 Å². The van der Waals surface area contributed by atoms with Crippen LogP contribution in [-0.2, 0) is 19.1 Å². The van der Waals surface area contributed by atoms with Crippen molar-refractivity contribution >= 4 is 17.8 Å². The number of rotatable bonds is 3. The fourth-order valence-electron chi connectivity index (χ4n) is 4.91. The van der Waals surface area contributed by atoms with Crippen molar-refractivity contribution in [2.24, 2.45) is 11.8 Å². The molecule has 1 aromatic rings. The number of aryl methyl sites for hydroxylation is 1. The van der Waals surface area contributed by atoms with Crippen LogP contribution in [0, 0.1) is 18.8 Å². The molecular weight excluding hydrogens is 364 g/mol. The predicted octanol–water partition coefficient (Wildman–Crippen LogP) is 0.316. The summed E-state index contributed by atoms with van der Waals surface area (Å²) in [5.74, 6) is -2.04. The third-order valence-corrected chi connectivity index (χ3v) is 6.16. The molecule has 1 aromatic carbocycles. The number of aliphatic hydroxyl groups is 1. The van der Waals surface area contributed by atoms with Gasteiger partial charge in [-0.25, -0.2) is 0 Å². The quantitative estimate of drug-likeness (QED) is 0.723. The van der Waals surface area contributed by atoms with E-state index >= 15 is 0 Å². The van der Waals surface area contributed by atoms with Crippen LogP contribution < -0.4 is 10.1 Å². The number of aliphatic hydroxyl groups excluding tert-OH is 1. The van der Waals surface area contributed by atoms with Crippen molar-refractivity contribution in [3.63, 3.8) is 0 Å². The van der Waals surface area contributed by atoms with Crippen molar-refractivity contribution in [3.05, 3.63) is 29.3 Å². The summed E-state index contributed by atoms with van der Waals surface area (Å²) in [5.41, 5.74) is 0.338. The maximum absolute atomic E-state index is 13.2. The zero-order valence-corrected chi connectivity index (χ0v) is 16.1. The van der Waals surface area contributed by atoms with Crippen molar-refractivity contribution in [1.29, 1.82) is 0 Å². The van der Waals surface area contributed by atoms with Crippen molar-refractivity contribution in [2.45, 2.75) is 38.4 Å². The van der Waals surface area contributed by atoms with Crippen LogP contribution in [0.4, 0.5) is 0 Å². The van der Waals surface area contributed by atoms with Gasteiger partial charge in [-0.15, -0.1) is 0 Å². The Bertz CT molecular complexity index is 855. The monoisotopic (exact) mass is 388 g/mol. The zero-order chi connectivity index (χ0) is 20.2. The summed E-state index contributed by atoms with van der Waals surface area (Å²) in [6.07, 6.45) is 0. The summed E-state index contributed by atoms with van der Waals surface area (Å²) >= 11 is 0. The Labute approximate surface area is 162 Å². The molecule has 2 fully saturated rings. The fourth-order valence-corrected chi connectivity index (χ4v) is 4.91. The maximum Gasteiger partial charge on any atom is 0.312 e. The normalized spacial score (nSPS) is 33.4. The standard InChI is InChI=1S/C20H24N2O6/c1-4-27-18(25)15-12-9-28-14-6-5-10(2)7-11(14)16(12)22-17(24)13(8-23)21-19(26)20(15,22)3/h5-7,12-13,15-16,23H,4,8-9H2,1-3H3,(H,21,26)/t12-,13-,15-,16+,20-/m1/s1. The third-order valence-electron chi connectivity index (χ3n) is 6.16. The number of hydrogen-bond donors (Lipinski definition) is 2. The molecular formula is C20H24N2O6. The highest BCUT2D eigenvalue weighted by Crippen LogP contribution is 2.56. The summed E-state index contributed by atoms with van der Waals surface area (Å²) in [7, 11) is 0. The maximum atomic E-state index is 13.2. The number of nitrogens with zero attached hydrogens (tertiary/aromatic N) is 1. The topological polar surface area (TPSA) is 105 Å². The largest absolute Gasteiger partial charge is 0.493 e. The first-order chi connectivity index (χ1) is 13.3.